The smallest absolute Gasteiger partial charge is 0.333 e. The Morgan fingerprint density at radius 2 is 1.84 bits per heavy atom. The van der Waals surface area contributed by atoms with Crippen LogP contribution in [0, 0.1) is 0 Å². The van der Waals surface area contributed by atoms with Crippen molar-refractivity contribution in [2.45, 2.75) is 64.9 Å². The predicted molar refractivity (Wildman–Crippen MR) is 190 cm³/mol. The third-order valence-electron chi connectivity index (χ3n) is 8.88. The van der Waals surface area contributed by atoms with Gasteiger partial charge in [0.15, 0.2) is 5.82 Å². The molecule has 1 fully saturated rings. The normalized spacial score (nSPS) is 15.5. The average molecular weight is 742 g/mol. The first-order chi connectivity index (χ1) is 23.7. The van der Waals surface area contributed by atoms with Gasteiger partial charge in [-0.1, -0.05) is 42.8 Å². The highest BCUT2D eigenvalue weighted by Crippen LogP contribution is 2.30. The van der Waals surface area contributed by atoms with Crippen molar-refractivity contribution in [1.29, 1.82) is 0 Å². The van der Waals surface area contributed by atoms with Gasteiger partial charge in [0.25, 0.3) is 11.8 Å². The van der Waals surface area contributed by atoms with Crippen LogP contribution in [-0.4, -0.2) is 48.0 Å². The Balaban J connectivity index is 1.25. The zero-order chi connectivity index (χ0) is 34.2. The Labute approximate surface area is 296 Å². The Kier molecular flexibility index (Phi) is 9.13. The summed E-state index contributed by atoms with van der Waals surface area (Å²) in [5.74, 6) is 0.589. The molecular formula is C37H34BrClN6O4. The van der Waals surface area contributed by atoms with Gasteiger partial charge >= 0.3 is 5.69 Å². The molecule has 10 nitrogen and oxygen atoms in total. The lowest BCUT2D eigenvalue weighted by atomic mass is 10.1. The minimum absolute atomic E-state index is 0.0514. The summed E-state index contributed by atoms with van der Waals surface area (Å²) in [6.07, 6.45) is 4.78. The standard InChI is InChI=1S/C37H34BrClN6O4/c1-3-25-16-17-40-34(42-25)29-7-5-4-6-24(29)19-41-35(46)33-32-21-43(36(47)23-8-15-30(38)31(39)18-23)22(2)20-44(32)37(48)45(33)26-9-11-27(12-10-26)49-28-13-14-28/h4-12,15-18,22,28H,3,13-14,19-21H2,1-2H3,(H,41,46)/t22-/m1/s1. The largest absolute Gasteiger partial charge is 0.490 e. The van der Waals surface area contributed by atoms with Crippen LogP contribution in [0.2, 0.25) is 5.02 Å². The summed E-state index contributed by atoms with van der Waals surface area (Å²) >= 11 is 9.71. The molecule has 5 aromatic rings. The summed E-state index contributed by atoms with van der Waals surface area (Å²) in [6, 6.07) is 21.5. The molecule has 49 heavy (non-hydrogen) atoms. The zero-order valence-corrected chi connectivity index (χ0v) is 29.4. The second kappa shape index (κ2) is 13.6. The lowest BCUT2D eigenvalue weighted by Crippen LogP contribution is -2.47. The van der Waals surface area contributed by atoms with E-state index in [2.05, 4.69) is 31.2 Å². The molecule has 1 saturated carbocycles. The number of amides is 2. The van der Waals surface area contributed by atoms with Crippen molar-refractivity contribution >= 4 is 39.3 Å². The van der Waals surface area contributed by atoms with Gasteiger partial charge in [-0.05, 0) is 96.2 Å². The predicted octanol–water partition coefficient (Wildman–Crippen LogP) is 6.59. The number of hydrogen-bond donors (Lipinski definition) is 1. The van der Waals surface area contributed by atoms with Gasteiger partial charge < -0.3 is 15.0 Å². The highest BCUT2D eigenvalue weighted by atomic mass is 79.9. The van der Waals surface area contributed by atoms with Crippen molar-refractivity contribution in [1.82, 2.24) is 29.3 Å². The Morgan fingerprint density at radius 1 is 1.06 bits per heavy atom. The number of rotatable bonds is 9. The van der Waals surface area contributed by atoms with Gasteiger partial charge in [-0.25, -0.2) is 14.8 Å². The van der Waals surface area contributed by atoms with E-state index in [1.165, 1.54) is 4.57 Å². The molecule has 0 bridgehead atoms. The number of carbonyl (C=O) groups excluding carboxylic acids is 2. The van der Waals surface area contributed by atoms with E-state index in [1.54, 1.807) is 46.0 Å². The van der Waals surface area contributed by atoms with Crippen LogP contribution < -0.4 is 15.7 Å². The minimum atomic E-state index is -0.448. The lowest BCUT2D eigenvalue weighted by molar-refractivity contribution is 0.0610. The molecule has 3 aromatic carbocycles. The van der Waals surface area contributed by atoms with Crippen LogP contribution in [-0.2, 0) is 26.1 Å². The third kappa shape index (κ3) is 6.65. The molecule has 1 N–H and O–H groups in total. The summed E-state index contributed by atoms with van der Waals surface area (Å²) in [4.78, 5) is 53.1. The van der Waals surface area contributed by atoms with E-state index in [0.29, 0.717) is 38.0 Å². The van der Waals surface area contributed by atoms with Crippen LogP contribution in [0.4, 0.5) is 0 Å². The molecule has 7 rings (SSSR count). The molecule has 1 aliphatic carbocycles. The van der Waals surface area contributed by atoms with Crippen LogP contribution in [0.25, 0.3) is 17.1 Å². The molecule has 2 aliphatic rings. The number of aromatic nitrogens is 4. The van der Waals surface area contributed by atoms with Crippen molar-refractivity contribution in [3.8, 4) is 22.8 Å². The van der Waals surface area contributed by atoms with E-state index in [-0.39, 0.29) is 49.1 Å². The molecule has 250 valence electrons. The molecule has 0 radical (unpaired) electrons. The Bertz CT molecular complexity index is 2120. The summed E-state index contributed by atoms with van der Waals surface area (Å²) in [7, 11) is 0. The van der Waals surface area contributed by atoms with Gasteiger partial charge in [-0.3, -0.25) is 18.7 Å². The van der Waals surface area contributed by atoms with Crippen molar-refractivity contribution in [2.24, 2.45) is 0 Å². The maximum atomic E-state index is 14.3. The van der Waals surface area contributed by atoms with Gasteiger partial charge in [-0.2, -0.15) is 0 Å². The molecule has 1 atom stereocenters. The number of nitrogens with zero attached hydrogens (tertiary/aromatic N) is 5. The average Bonchev–Trinajstić information content (AvgIpc) is 3.90. The quantitative estimate of drug-likeness (QED) is 0.183. The van der Waals surface area contributed by atoms with Crippen LogP contribution in [0.3, 0.4) is 0 Å². The summed E-state index contributed by atoms with van der Waals surface area (Å²) < 4.78 is 9.65. The third-order valence-corrected chi connectivity index (χ3v) is 10.1. The van der Waals surface area contributed by atoms with E-state index in [9.17, 15) is 14.4 Å². The van der Waals surface area contributed by atoms with Crippen molar-refractivity contribution in [2.75, 3.05) is 0 Å². The van der Waals surface area contributed by atoms with E-state index in [1.807, 2.05) is 56.3 Å². The molecule has 0 spiro atoms. The van der Waals surface area contributed by atoms with E-state index < -0.39 is 5.91 Å². The fourth-order valence-corrected chi connectivity index (χ4v) is 6.51. The number of ether oxygens (including phenoxy) is 1. The van der Waals surface area contributed by atoms with Crippen molar-refractivity contribution in [3.63, 3.8) is 0 Å². The summed E-state index contributed by atoms with van der Waals surface area (Å²) in [6.45, 7) is 4.36. The Hall–Kier alpha value is -4.74. The van der Waals surface area contributed by atoms with Gasteiger partial charge in [-0.15, -0.1) is 0 Å². The maximum absolute atomic E-state index is 14.3. The van der Waals surface area contributed by atoms with Crippen LogP contribution in [0.1, 0.15) is 64.5 Å². The summed E-state index contributed by atoms with van der Waals surface area (Å²) in [5, 5.41) is 3.47. The SMILES string of the molecule is CCc1ccnc(-c2ccccc2CNC(=O)c2c3n(c(=O)n2-c2ccc(OC4CC4)cc2)C[C@@H](C)N(C(=O)c2ccc(Br)c(Cl)c2)C3)n1. The van der Waals surface area contributed by atoms with Crippen LogP contribution in [0.5, 0.6) is 5.75 Å². The summed E-state index contributed by atoms with van der Waals surface area (Å²) in [5.41, 5.74) is 3.75. The highest BCUT2D eigenvalue weighted by molar-refractivity contribution is 9.10. The minimum Gasteiger partial charge on any atom is -0.490 e. The number of benzene rings is 3. The van der Waals surface area contributed by atoms with Gasteiger partial charge in [0.2, 0.25) is 0 Å². The molecule has 2 aromatic heterocycles. The lowest BCUT2D eigenvalue weighted by Gasteiger charge is -2.34. The number of aryl methyl sites for hydroxylation is 1. The van der Waals surface area contributed by atoms with E-state index in [4.69, 9.17) is 16.3 Å². The zero-order valence-electron chi connectivity index (χ0n) is 27.0. The second-order valence-electron chi connectivity index (χ2n) is 12.3. The van der Waals surface area contributed by atoms with Crippen LogP contribution in [0.15, 0.2) is 88.3 Å². The van der Waals surface area contributed by atoms with Crippen molar-refractivity contribution in [3.05, 3.63) is 127 Å². The van der Waals surface area contributed by atoms with Crippen molar-refractivity contribution < 1.29 is 14.3 Å². The molecule has 2 amide bonds. The first-order valence-electron chi connectivity index (χ1n) is 16.3. The highest BCUT2D eigenvalue weighted by Gasteiger charge is 2.35. The first-order valence-corrected chi connectivity index (χ1v) is 17.4. The number of fused-ring (bicyclic) bond motifs is 1. The Morgan fingerprint density at radius 3 is 2.57 bits per heavy atom. The number of halogens is 2. The number of imidazole rings is 1. The molecule has 3 heterocycles. The fourth-order valence-electron chi connectivity index (χ4n) is 6.08. The maximum Gasteiger partial charge on any atom is 0.333 e. The topological polar surface area (TPSA) is 111 Å². The number of hydrogen-bond acceptors (Lipinski definition) is 6. The van der Waals surface area contributed by atoms with Gasteiger partial charge in [0, 0.05) is 46.6 Å². The monoisotopic (exact) mass is 740 g/mol. The second-order valence-corrected chi connectivity index (χ2v) is 13.6. The van der Waals surface area contributed by atoms with E-state index >= 15 is 0 Å². The molecular weight excluding hydrogens is 708 g/mol. The molecule has 0 unspecified atom stereocenters. The molecule has 0 saturated heterocycles. The number of carbonyl (C=O) groups is 2. The first kappa shape index (κ1) is 32.8. The molecule has 1 aliphatic heterocycles. The fraction of sp³-hybridized carbons (Fsp3) is 0.270. The van der Waals surface area contributed by atoms with Gasteiger partial charge in [0.1, 0.15) is 11.4 Å². The number of nitrogens with one attached hydrogen (secondary N) is 1. The van der Waals surface area contributed by atoms with Gasteiger partial charge in [0.05, 0.1) is 29.1 Å². The molecule has 12 heteroatoms. The van der Waals surface area contributed by atoms with E-state index in [0.717, 1.165) is 36.1 Å². The van der Waals surface area contributed by atoms with Crippen LogP contribution >= 0.6 is 27.5 Å².